The quantitative estimate of drug-likeness (QED) is 0.717. The number of nitrogens with zero attached hydrogens (tertiary/aromatic N) is 1. The highest BCUT2D eigenvalue weighted by Gasteiger charge is 2.54. The summed E-state index contributed by atoms with van der Waals surface area (Å²) in [6, 6.07) is -0.922. The number of hydrogen-bond acceptors (Lipinski definition) is 5. The first kappa shape index (κ1) is 15.3. The first-order chi connectivity index (χ1) is 9.11. The second-order valence-electron chi connectivity index (χ2n) is 4.89. The topological polar surface area (TPSA) is 63.7 Å². The number of carbonyl (C=O) groups excluding carboxylic acids is 1. The highest BCUT2D eigenvalue weighted by atomic mass is 32.2. The smallest absolute Gasteiger partial charge is 0.466 e. The Morgan fingerprint density at radius 2 is 1.95 bits per heavy atom. The molecule has 0 N–H and O–H groups in total. The van der Waals surface area contributed by atoms with Crippen LogP contribution in [0.25, 0.3) is 0 Å². The molecule has 2 rings (SSSR count). The number of halogens is 3. The van der Waals surface area contributed by atoms with Gasteiger partial charge < -0.3 is 4.74 Å². The fourth-order valence-electron chi connectivity index (χ4n) is 2.87. The van der Waals surface area contributed by atoms with Crippen LogP contribution < -0.4 is 0 Å². The number of hydrogen-bond donors (Lipinski definition) is 0. The third kappa shape index (κ3) is 2.12. The second-order valence-corrected chi connectivity index (χ2v) is 6.86. The summed E-state index contributed by atoms with van der Waals surface area (Å²) in [5.41, 5.74) is -5.78. The van der Waals surface area contributed by atoms with Crippen LogP contribution in [0.2, 0.25) is 0 Å². The maximum Gasteiger partial charge on any atom is 0.501 e. The predicted octanol–water partition coefficient (Wildman–Crippen LogP) is 1.21. The van der Waals surface area contributed by atoms with E-state index < -0.39 is 32.3 Å². The van der Waals surface area contributed by atoms with E-state index in [-0.39, 0.29) is 18.0 Å². The Morgan fingerprint density at radius 3 is 2.45 bits per heavy atom. The van der Waals surface area contributed by atoms with Crippen LogP contribution in [-0.2, 0) is 19.4 Å². The lowest BCUT2D eigenvalue weighted by Crippen LogP contribution is -2.43. The molecule has 2 aliphatic heterocycles. The maximum atomic E-state index is 12.7. The van der Waals surface area contributed by atoms with Gasteiger partial charge in [-0.15, -0.1) is 0 Å². The number of likely N-dealkylation sites (N-methyl/N-ethyl adjacent to an activating group) is 1. The summed E-state index contributed by atoms with van der Waals surface area (Å²) >= 11 is 0. The van der Waals surface area contributed by atoms with E-state index in [0.717, 1.165) is 7.11 Å². The zero-order valence-electron chi connectivity index (χ0n) is 10.9. The van der Waals surface area contributed by atoms with E-state index in [2.05, 4.69) is 4.74 Å². The van der Waals surface area contributed by atoms with Gasteiger partial charge in [-0.1, -0.05) is 0 Å². The minimum absolute atomic E-state index is 0.291. The van der Waals surface area contributed by atoms with Gasteiger partial charge in [0.25, 0.3) is 9.84 Å². The molecule has 2 atom stereocenters. The van der Waals surface area contributed by atoms with Gasteiger partial charge in [-0.3, -0.25) is 4.90 Å². The van der Waals surface area contributed by atoms with Gasteiger partial charge in [0, 0.05) is 12.1 Å². The van der Waals surface area contributed by atoms with Crippen LogP contribution >= 0.6 is 0 Å². The molecule has 0 spiro atoms. The van der Waals surface area contributed by atoms with Gasteiger partial charge in [0.1, 0.15) is 0 Å². The van der Waals surface area contributed by atoms with E-state index >= 15 is 0 Å². The molecule has 0 aromatic rings. The lowest BCUT2D eigenvalue weighted by atomic mass is 10.0. The third-order valence-corrected chi connectivity index (χ3v) is 5.57. The molecule has 2 heterocycles. The van der Waals surface area contributed by atoms with Crippen molar-refractivity contribution in [3.05, 3.63) is 10.5 Å². The van der Waals surface area contributed by atoms with E-state index in [9.17, 15) is 26.4 Å². The number of fused-ring (bicyclic) bond motifs is 2. The van der Waals surface area contributed by atoms with Crippen LogP contribution in [-0.4, -0.2) is 51.0 Å². The number of methoxy groups -OCH3 is 1. The molecule has 0 aromatic heterocycles. The van der Waals surface area contributed by atoms with Crippen LogP contribution in [0.1, 0.15) is 19.3 Å². The zero-order valence-corrected chi connectivity index (χ0v) is 11.7. The van der Waals surface area contributed by atoms with E-state index in [0.29, 0.717) is 12.8 Å². The Labute approximate surface area is 114 Å². The monoisotopic (exact) mass is 313 g/mol. The molecule has 2 aliphatic rings. The normalized spacial score (nSPS) is 27.9. The minimum Gasteiger partial charge on any atom is -0.466 e. The van der Waals surface area contributed by atoms with Crippen molar-refractivity contribution in [2.75, 3.05) is 14.2 Å². The SMILES string of the molecule is COC(=O)C1=C(S(=O)(=O)C(F)(F)F)C[C@@H]2CC[C@H]1N2C. The predicted molar refractivity (Wildman–Crippen MR) is 63.2 cm³/mol. The maximum absolute atomic E-state index is 12.7. The Morgan fingerprint density at radius 1 is 1.35 bits per heavy atom. The van der Waals surface area contributed by atoms with Crippen molar-refractivity contribution in [3.8, 4) is 0 Å². The molecule has 0 aromatic carbocycles. The number of carbonyl (C=O) groups is 1. The van der Waals surface area contributed by atoms with Gasteiger partial charge in [0.2, 0.25) is 0 Å². The Hall–Kier alpha value is -1.09. The van der Waals surface area contributed by atoms with Gasteiger partial charge in [-0.05, 0) is 26.3 Å². The molecule has 9 heteroatoms. The number of esters is 1. The van der Waals surface area contributed by atoms with Gasteiger partial charge in [0.15, 0.2) is 0 Å². The number of rotatable bonds is 2. The van der Waals surface area contributed by atoms with Gasteiger partial charge in [0.05, 0.1) is 17.6 Å². The number of ether oxygens (including phenoxy) is 1. The highest BCUT2D eigenvalue weighted by molar-refractivity contribution is 7.96. The molecule has 0 amide bonds. The van der Waals surface area contributed by atoms with E-state index in [1.54, 1.807) is 11.9 Å². The minimum atomic E-state index is -5.50. The van der Waals surface area contributed by atoms with Crippen molar-refractivity contribution in [2.45, 2.75) is 36.9 Å². The Kier molecular flexibility index (Phi) is 3.62. The van der Waals surface area contributed by atoms with Crippen LogP contribution in [0, 0.1) is 0 Å². The fraction of sp³-hybridized carbons (Fsp3) is 0.727. The first-order valence-electron chi connectivity index (χ1n) is 5.96. The van der Waals surface area contributed by atoms with Crippen LogP contribution in [0.5, 0.6) is 0 Å². The van der Waals surface area contributed by atoms with Crippen LogP contribution in [0.15, 0.2) is 10.5 Å². The van der Waals surface area contributed by atoms with Crippen molar-refractivity contribution in [1.29, 1.82) is 0 Å². The molecule has 0 unspecified atom stereocenters. The number of sulfone groups is 1. The largest absolute Gasteiger partial charge is 0.501 e. The van der Waals surface area contributed by atoms with Crippen LogP contribution in [0.3, 0.4) is 0 Å². The molecule has 114 valence electrons. The summed E-state index contributed by atoms with van der Waals surface area (Å²) in [5.74, 6) is -1.01. The third-order valence-electron chi connectivity index (χ3n) is 3.93. The van der Waals surface area contributed by atoms with Crippen molar-refractivity contribution in [2.24, 2.45) is 0 Å². The average Bonchev–Trinajstić information content (AvgIpc) is 2.60. The second kappa shape index (κ2) is 4.73. The molecule has 1 fully saturated rings. The van der Waals surface area contributed by atoms with Gasteiger partial charge >= 0.3 is 11.5 Å². The van der Waals surface area contributed by atoms with E-state index in [4.69, 9.17) is 0 Å². The summed E-state index contributed by atoms with van der Waals surface area (Å²) in [6.07, 6.45) is 0.695. The van der Waals surface area contributed by atoms with Crippen LogP contribution in [0.4, 0.5) is 13.2 Å². The molecular formula is C11H14F3NO4S. The Bertz CT molecular complexity index is 567. The van der Waals surface area contributed by atoms with Crippen molar-refractivity contribution in [1.82, 2.24) is 4.90 Å². The summed E-state index contributed by atoms with van der Waals surface area (Å²) in [7, 11) is -2.81. The molecule has 0 aliphatic carbocycles. The highest BCUT2D eigenvalue weighted by Crippen LogP contribution is 2.44. The lowest BCUT2D eigenvalue weighted by molar-refractivity contribution is -0.137. The van der Waals surface area contributed by atoms with Crippen molar-refractivity contribution in [3.63, 3.8) is 0 Å². The lowest BCUT2D eigenvalue weighted by Gasteiger charge is -2.33. The summed E-state index contributed by atoms with van der Waals surface area (Å²) in [5, 5.41) is 0. The first-order valence-corrected chi connectivity index (χ1v) is 7.44. The Balaban J connectivity index is 2.63. The summed E-state index contributed by atoms with van der Waals surface area (Å²) in [4.78, 5) is 12.7. The average molecular weight is 313 g/mol. The van der Waals surface area contributed by atoms with Crippen molar-refractivity contribution >= 4 is 15.8 Å². The van der Waals surface area contributed by atoms with Gasteiger partial charge in [-0.2, -0.15) is 13.2 Å². The molecule has 0 radical (unpaired) electrons. The number of alkyl halides is 3. The molecule has 2 bridgehead atoms. The molecule has 1 saturated heterocycles. The van der Waals surface area contributed by atoms with E-state index in [1.165, 1.54) is 0 Å². The van der Waals surface area contributed by atoms with Crippen molar-refractivity contribution < 1.29 is 31.1 Å². The molecule has 0 saturated carbocycles. The fourth-order valence-corrected chi connectivity index (χ4v) is 4.07. The van der Waals surface area contributed by atoms with E-state index in [1.807, 2.05) is 0 Å². The molecule has 5 nitrogen and oxygen atoms in total. The molecular weight excluding hydrogens is 299 g/mol. The summed E-state index contributed by atoms with van der Waals surface area (Å²) in [6.45, 7) is 0. The standard InChI is InChI=1S/C11H14F3NO4S/c1-15-6-3-4-7(15)9(10(16)19-2)8(5-6)20(17,18)11(12,13)14/h6-7H,3-5H2,1-2H3/t6-,7+/m0/s1. The zero-order chi connectivity index (χ0) is 15.3. The summed E-state index contributed by atoms with van der Waals surface area (Å²) < 4.78 is 66.0. The van der Waals surface area contributed by atoms with Gasteiger partial charge in [-0.25, -0.2) is 13.2 Å². The molecule has 20 heavy (non-hydrogen) atoms.